The van der Waals surface area contributed by atoms with Crippen LogP contribution in [0.25, 0.3) is 0 Å². The zero-order chi connectivity index (χ0) is 10.6. The van der Waals surface area contributed by atoms with Gasteiger partial charge in [0, 0.05) is 12.6 Å². The molecule has 0 aromatic rings. The van der Waals surface area contributed by atoms with Crippen molar-refractivity contribution >= 4 is 5.91 Å². The third kappa shape index (κ3) is 3.35. The molecule has 4 nitrogen and oxygen atoms in total. The van der Waals surface area contributed by atoms with Crippen LogP contribution in [0.1, 0.15) is 19.3 Å². The highest BCUT2D eigenvalue weighted by atomic mass is 16.2. The van der Waals surface area contributed by atoms with Gasteiger partial charge in [0.2, 0.25) is 5.91 Å². The lowest BCUT2D eigenvalue weighted by Gasteiger charge is -2.22. The zero-order valence-corrected chi connectivity index (χ0v) is 8.86. The van der Waals surface area contributed by atoms with E-state index in [9.17, 15) is 4.79 Å². The standard InChI is InChI=1S/C10H17N3O/c1-12(2)8-10(14)13(7-3-6-11)9-4-5-9/h9H,3-5,7-8H2,1-2H3. The molecule has 4 heteroatoms. The van der Waals surface area contributed by atoms with Gasteiger partial charge >= 0.3 is 0 Å². The first-order chi connectivity index (χ1) is 6.65. The van der Waals surface area contributed by atoms with Crippen LogP contribution in [0.5, 0.6) is 0 Å². The SMILES string of the molecule is CN(C)CC(=O)N(CCC#N)C1CC1. The summed E-state index contributed by atoms with van der Waals surface area (Å²) in [4.78, 5) is 15.4. The molecule has 1 aliphatic rings. The number of amides is 1. The summed E-state index contributed by atoms with van der Waals surface area (Å²) in [5.41, 5.74) is 0. The van der Waals surface area contributed by atoms with Crippen LogP contribution in [0.2, 0.25) is 0 Å². The fourth-order valence-electron chi connectivity index (χ4n) is 1.43. The Kier molecular flexibility index (Phi) is 3.90. The topological polar surface area (TPSA) is 47.3 Å². The molecule has 0 aliphatic heterocycles. The third-order valence-electron chi connectivity index (χ3n) is 2.22. The van der Waals surface area contributed by atoms with E-state index in [2.05, 4.69) is 6.07 Å². The van der Waals surface area contributed by atoms with Crippen molar-refractivity contribution in [2.24, 2.45) is 0 Å². The highest BCUT2D eigenvalue weighted by Gasteiger charge is 2.31. The van der Waals surface area contributed by atoms with E-state index in [0.717, 1.165) is 12.8 Å². The molecule has 0 heterocycles. The van der Waals surface area contributed by atoms with Gasteiger partial charge in [0.05, 0.1) is 19.0 Å². The van der Waals surface area contributed by atoms with E-state index < -0.39 is 0 Å². The van der Waals surface area contributed by atoms with Gasteiger partial charge in [-0.1, -0.05) is 0 Å². The molecule has 0 atom stereocenters. The van der Waals surface area contributed by atoms with Gasteiger partial charge in [0.1, 0.15) is 0 Å². The zero-order valence-electron chi connectivity index (χ0n) is 8.86. The first kappa shape index (κ1) is 11.0. The fraction of sp³-hybridized carbons (Fsp3) is 0.800. The van der Waals surface area contributed by atoms with Crippen molar-refractivity contribution in [2.45, 2.75) is 25.3 Å². The molecule has 0 aromatic carbocycles. The summed E-state index contributed by atoms with van der Waals surface area (Å²) in [5.74, 6) is 0.146. The van der Waals surface area contributed by atoms with E-state index in [0.29, 0.717) is 25.6 Å². The van der Waals surface area contributed by atoms with Gasteiger partial charge in [0.15, 0.2) is 0 Å². The van der Waals surface area contributed by atoms with Crippen LogP contribution in [-0.4, -0.2) is 48.9 Å². The molecule has 14 heavy (non-hydrogen) atoms. The normalized spacial score (nSPS) is 15.3. The molecule has 1 amide bonds. The van der Waals surface area contributed by atoms with Crippen molar-refractivity contribution in [2.75, 3.05) is 27.2 Å². The third-order valence-corrected chi connectivity index (χ3v) is 2.22. The number of nitriles is 1. The van der Waals surface area contributed by atoms with Crippen LogP contribution in [0.15, 0.2) is 0 Å². The van der Waals surface area contributed by atoms with Crippen LogP contribution in [-0.2, 0) is 4.79 Å². The summed E-state index contributed by atoms with van der Waals surface area (Å²) in [5, 5.41) is 8.48. The summed E-state index contributed by atoms with van der Waals surface area (Å²) in [6.45, 7) is 1.04. The molecular formula is C10H17N3O. The molecule has 1 aliphatic carbocycles. The Bertz CT molecular complexity index is 240. The van der Waals surface area contributed by atoms with Gasteiger partial charge in [0.25, 0.3) is 0 Å². The summed E-state index contributed by atoms with van der Waals surface area (Å²) < 4.78 is 0. The summed E-state index contributed by atoms with van der Waals surface area (Å²) >= 11 is 0. The average Bonchev–Trinajstić information content (AvgIpc) is 2.87. The second-order valence-corrected chi connectivity index (χ2v) is 3.96. The number of carbonyl (C=O) groups is 1. The number of rotatable bonds is 5. The van der Waals surface area contributed by atoms with Crippen molar-refractivity contribution < 1.29 is 4.79 Å². The van der Waals surface area contributed by atoms with Crippen LogP contribution >= 0.6 is 0 Å². The fourth-order valence-corrected chi connectivity index (χ4v) is 1.43. The lowest BCUT2D eigenvalue weighted by Crippen LogP contribution is -2.39. The van der Waals surface area contributed by atoms with E-state index >= 15 is 0 Å². The van der Waals surface area contributed by atoms with Crippen molar-refractivity contribution in [3.63, 3.8) is 0 Å². The Morgan fingerprint density at radius 2 is 2.14 bits per heavy atom. The Morgan fingerprint density at radius 3 is 2.57 bits per heavy atom. The van der Waals surface area contributed by atoms with Crippen molar-refractivity contribution in [3.8, 4) is 6.07 Å². The molecule has 0 N–H and O–H groups in total. The van der Waals surface area contributed by atoms with E-state index in [1.54, 1.807) is 0 Å². The minimum absolute atomic E-state index is 0.146. The maximum absolute atomic E-state index is 11.7. The van der Waals surface area contributed by atoms with Crippen LogP contribution in [0, 0.1) is 11.3 Å². The van der Waals surface area contributed by atoms with Gasteiger partial charge in [-0.2, -0.15) is 5.26 Å². The molecule has 78 valence electrons. The van der Waals surface area contributed by atoms with Crippen LogP contribution in [0.3, 0.4) is 0 Å². The molecule has 0 unspecified atom stereocenters. The molecule has 0 saturated heterocycles. The second kappa shape index (κ2) is 4.97. The summed E-state index contributed by atoms with van der Waals surface area (Å²) in [6, 6.07) is 2.49. The predicted octanol–water partition coefficient (Wildman–Crippen LogP) is 0.453. The van der Waals surface area contributed by atoms with Gasteiger partial charge in [-0.25, -0.2) is 0 Å². The first-order valence-corrected chi connectivity index (χ1v) is 4.96. The van der Waals surface area contributed by atoms with Crippen molar-refractivity contribution in [1.29, 1.82) is 5.26 Å². The van der Waals surface area contributed by atoms with Crippen LogP contribution in [0.4, 0.5) is 0 Å². The Hall–Kier alpha value is -1.08. The lowest BCUT2D eigenvalue weighted by atomic mass is 10.3. The lowest BCUT2D eigenvalue weighted by molar-refractivity contribution is -0.132. The van der Waals surface area contributed by atoms with Crippen molar-refractivity contribution in [1.82, 2.24) is 9.80 Å². The average molecular weight is 195 g/mol. The maximum atomic E-state index is 11.7. The van der Waals surface area contributed by atoms with Crippen LogP contribution < -0.4 is 0 Å². The number of carbonyl (C=O) groups excluding carboxylic acids is 1. The molecule has 0 spiro atoms. The molecule has 1 rings (SSSR count). The smallest absolute Gasteiger partial charge is 0.237 e. The molecule has 0 radical (unpaired) electrons. The van der Waals surface area contributed by atoms with Gasteiger partial charge < -0.3 is 9.80 Å². The number of nitrogens with zero attached hydrogens (tertiary/aromatic N) is 3. The van der Waals surface area contributed by atoms with Crippen molar-refractivity contribution in [3.05, 3.63) is 0 Å². The Balaban J connectivity index is 2.41. The second-order valence-electron chi connectivity index (χ2n) is 3.96. The minimum Gasteiger partial charge on any atom is -0.338 e. The molecular weight excluding hydrogens is 178 g/mol. The first-order valence-electron chi connectivity index (χ1n) is 4.96. The predicted molar refractivity (Wildman–Crippen MR) is 53.5 cm³/mol. The molecule has 1 fully saturated rings. The summed E-state index contributed by atoms with van der Waals surface area (Å²) in [6.07, 6.45) is 2.64. The molecule has 0 aromatic heterocycles. The largest absolute Gasteiger partial charge is 0.338 e. The van der Waals surface area contributed by atoms with E-state index in [1.807, 2.05) is 23.9 Å². The highest BCUT2D eigenvalue weighted by Crippen LogP contribution is 2.26. The quantitative estimate of drug-likeness (QED) is 0.640. The van der Waals surface area contributed by atoms with E-state index in [4.69, 9.17) is 5.26 Å². The number of likely N-dealkylation sites (N-methyl/N-ethyl adjacent to an activating group) is 1. The van der Waals surface area contributed by atoms with E-state index in [1.165, 1.54) is 0 Å². The monoisotopic (exact) mass is 195 g/mol. The molecule has 1 saturated carbocycles. The highest BCUT2D eigenvalue weighted by molar-refractivity contribution is 5.78. The molecule has 0 bridgehead atoms. The van der Waals surface area contributed by atoms with Gasteiger partial charge in [-0.15, -0.1) is 0 Å². The van der Waals surface area contributed by atoms with Gasteiger partial charge in [-0.3, -0.25) is 4.79 Å². The number of hydrogen-bond acceptors (Lipinski definition) is 3. The van der Waals surface area contributed by atoms with E-state index in [-0.39, 0.29) is 5.91 Å². The maximum Gasteiger partial charge on any atom is 0.237 e. The summed E-state index contributed by atoms with van der Waals surface area (Å²) in [7, 11) is 3.76. The van der Waals surface area contributed by atoms with Gasteiger partial charge in [-0.05, 0) is 26.9 Å². The Morgan fingerprint density at radius 1 is 1.50 bits per heavy atom. The minimum atomic E-state index is 0.146. The Labute approximate surface area is 85.1 Å². The number of hydrogen-bond donors (Lipinski definition) is 0.